The van der Waals surface area contributed by atoms with Gasteiger partial charge in [0, 0.05) is 0 Å². The van der Waals surface area contributed by atoms with E-state index in [4.69, 9.17) is 12.6 Å². The molecule has 0 amide bonds. The van der Waals surface area contributed by atoms with Crippen molar-refractivity contribution in [2.75, 3.05) is 0 Å². The Hall–Kier alpha value is 0.181. The van der Waals surface area contributed by atoms with E-state index in [9.17, 15) is 0 Å². The minimum atomic E-state index is -1.10. The third-order valence-electron chi connectivity index (χ3n) is 2.01. The van der Waals surface area contributed by atoms with Crippen LogP contribution in [-0.4, -0.2) is 29.3 Å². The van der Waals surface area contributed by atoms with Gasteiger partial charge in [-0.25, -0.2) is 0 Å². The summed E-state index contributed by atoms with van der Waals surface area (Å²) in [4.78, 5) is 0. The van der Waals surface area contributed by atoms with Gasteiger partial charge in [0.1, 0.15) is 0 Å². The third kappa shape index (κ3) is 14.4. The maximum atomic E-state index is 5.81. The first-order valence-corrected chi connectivity index (χ1v) is 11.8. The minimum Gasteiger partial charge on any atom is -0.358 e. The summed E-state index contributed by atoms with van der Waals surface area (Å²) < 4.78 is 17.4. The predicted octanol–water partition coefficient (Wildman–Crippen LogP) is 2.29. The van der Waals surface area contributed by atoms with Crippen LogP contribution in [0.15, 0.2) is 33.8 Å². The summed E-state index contributed by atoms with van der Waals surface area (Å²) in [6.45, 7) is 12.6. The molecule has 19 heavy (non-hydrogen) atoms. The fourth-order valence-electron chi connectivity index (χ4n) is 0.906. The van der Waals surface area contributed by atoms with Gasteiger partial charge in [0.25, 0.3) is 8.60 Å². The van der Waals surface area contributed by atoms with Gasteiger partial charge in [0.05, 0.1) is 0 Å². The number of allylic oxidation sites excluding steroid dienone is 3. The molecule has 0 saturated carbocycles. The monoisotopic (exact) mass is 334 g/mol. The van der Waals surface area contributed by atoms with Crippen LogP contribution >= 0.6 is 8.60 Å². The van der Waals surface area contributed by atoms with Gasteiger partial charge in [-0.1, -0.05) is 33.8 Å². The molecule has 0 unspecified atom stereocenters. The summed E-state index contributed by atoms with van der Waals surface area (Å²) in [6.07, 6.45) is 0. The van der Waals surface area contributed by atoms with Crippen LogP contribution in [0.25, 0.3) is 0 Å². The van der Waals surface area contributed by atoms with Gasteiger partial charge in [-0.2, -0.15) is 0 Å². The summed E-state index contributed by atoms with van der Waals surface area (Å²) in [5, 5.41) is 0. The second-order valence-electron chi connectivity index (χ2n) is 4.96. The van der Waals surface area contributed by atoms with Crippen LogP contribution in [0.5, 0.6) is 0 Å². The van der Waals surface area contributed by atoms with Crippen molar-refractivity contribution < 1.29 is 12.6 Å². The van der Waals surface area contributed by atoms with Crippen molar-refractivity contribution in [3.63, 3.8) is 0 Å². The Balaban J connectivity index is 4.17. The molecule has 0 aliphatic heterocycles. The second kappa shape index (κ2) is 12.0. The van der Waals surface area contributed by atoms with E-state index in [0.717, 1.165) is 0 Å². The molecule has 0 heterocycles. The maximum absolute atomic E-state index is 5.81. The average Bonchev–Trinajstić information content (AvgIpc) is 2.26. The summed E-state index contributed by atoms with van der Waals surface area (Å²) in [5.41, 5.74) is 10.5. The number of rotatable bonds is 9. The van der Waals surface area contributed by atoms with Crippen molar-refractivity contribution in [2.45, 2.75) is 41.5 Å². The molecule has 0 spiro atoms. The first-order valence-electron chi connectivity index (χ1n) is 6.50. The van der Waals surface area contributed by atoms with E-state index >= 15 is 0 Å². The topological polar surface area (TPSA) is 27.7 Å². The smallest absolute Gasteiger partial charge is 0.299 e. The van der Waals surface area contributed by atoms with Crippen molar-refractivity contribution in [3.8, 4) is 0 Å². The van der Waals surface area contributed by atoms with Crippen LogP contribution in [-0.2, 0) is 12.6 Å². The zero-order valence-electron chi connectivity index (χ0n) is 13.0. The van der Waals surface area contributed by atoms with Gasteiger partial charge >= 0.3 is 0 Å². The van der Waals surface area contributed by atoms with E-state index in [1.807, 2.05) is 0 Å². The zero-order valence-corrected chi connectivity index (χ0v) is 18.2. The summed E-state index contributed by atoms with van der Waals surface area (Å²) >= 11 is 0. The van der Waals surface area contributed by atoms with E-state index < -0.39 is 37.9 Å². The minimum absolute atomic E-state index is 0.658. The lowest BCUT2D eigenvalue weighted by atomic mass is 10.4. The summed E-state index contributed by atoms with van der Waals surface area (Å²) in [6, 6.07) is 0. The molecular weight excluding hydrogens is 307 g/mol. The van der Waals surface area contributed by atoms with Crippen molar-refractivity contribution >= 4 is 37.9 Å². The van der Waals surface area contributed by atoms with Gasteiger partial charge in [-0.15, -0.1) is 0 Å². The molecule has 0 radical (unpaired) electrons. The third-order valence-corrected chi connectivity index (χ3v) is 9.28. The van der Waals surface area contributed by atoms with Crippen LogP contribution in [0.1, 0.15) is 41.5 Å². The van der Waals surface area contributed by atoms with Gasteiger partial charge in [0.2, 0.25) is 0 Å². The molecule has 0 aromatic rings. The standard InChI is InChI=1S/C12H27O3PSi3/c1-10(2)7-17-13-16(14-18-8-11(3)4)15-19-9-12(5)6/h7-9H,17-19H2,1-6H3. The fourth-order valence-corrected chi connectivity index (χ4v) is 7.17. The van der Waals surface area contributed by atoms with E-state index in [1.165, 1.54) is 16.7 Å². The van der Waals surface area contributed by atoms with E-state index in [1.54, 1.807) is 0 Å². The Kier molecular flexibility index (Phi) is 12.1. The van der Waals surface area contributed by atoms with E-state index in [2.05, 4.69) is 58.6 Å². The SMILES string of the molecule is CC(C)=C[SiH2]OP(O[SiH2]C=C(C)C)O[SiH2]C=C(C)C. The van der Waals surface area contributed by atoms with Gasteiger partial charge < -0.3 is 12.6 Å². The molecule has 7 heteroatoms. The largest absolute Gasteiger partial charge is 0.358 e. The van der Waals surface area contributed by atoms with Crippen LogP contribution in [0.2, 0.25) is 0 Å². The summed E-state index contributed by atoms with van der Waals surface area (Å²) in [5.74, 6) is 0. The number of hydrogen-bond donors (Lipinski definition) is 0. The van der Waals surface area contributed by atoms with Crippen LogP contribution in [0, 0.1) is 0 Å². The lowest BCUT2D eigenvalue weighted by molar-refractivity contribution is 0.424. The molecule has 0 aliphatic carbocycles. The fraction of sp³-hybridized carbons (Fsp3) is 0.500. The van der Waals surface area contributed by atoms with Crippen LogP contribution in [0.3, 0.4) is 0 Å². The number of hydrogen-bond acceptors (Lipinski definition) is 3. The predicted molar refractivity (Wildman–Crippen MR) is 94.1 cm³/mol. The maximum Gasteiger partial charge on any atom is 0.299 e. The Morgan fingerprint density at radius 3 is 1.11 bits per heavy atom. The highest BCUT2D eigenvalue weighted by Gasteiger charge is 2.09. The quantitative estimate of drug-likeness (QED) is 0.478. The van der Waals surface area contributed by atoms with E-state index in [-0.39, 0.29) is 0 Å². The Bertz CT molecular complexity index is 279. The molecule has 3 nitrogen and oxygen atoms in total. The normalized spacial score (nSPS) is 13.6. The van der Waals surface area contributed by atoms with E-state index in [0.29, 0.717) is 0 Å². The van der Waals surface area contributed by atoms with Crippen LogP contribution < -0.4 is 0 Å². The first kappa shape index (κ1) is 19.2. The van der Waals surface area contributed by atoms with Crippen molar-refractivity contribution in [1.29, 1.82) is 0 Å². The van der Waals surface area contributed by atoms with Crippen molar-refractivity contribution in [3.05, 3.63) is 33.8 Å². The Morgan fingerprint density at radius 2 is 0.895 bits per heavy atom. The molecule has 0 rings (SSSR count). The highest BCUT2D eigenvalue weighted by molar-refractivity contribution is 7.45. The molecule has 0 aromatic heterocycles. The van der Waals surface area contributed by atoms with Gasteiger partial charge in [-0.3, -0.25) is 0 Å². The molecule has 0 atom stereocenters. The molecule has 0 fully saturated rings. The zero-order chi connectivity index (χ0) is 14.7. The lowest BCUT2D eigenvalue weighted by Crippen LogP contribution is -2.03. The molecule has 0 aliphatic rings. The molecule has 0 aromatic carbocycles. The van der Waals surface area contributed by atoms with Gasteiger partial charge in [-0.05, 0) is 41.5 Å². The second-order valence-corrected chi connectivity index (χ2v) is 10.7. The van der Waals surface area contributed by atoms with Gasteiger partial charge in [0.15, 0.2) is 29.3 Å². The van der Waals surface area contributed by atoms with Crippen LogP contribution in [0.4, 0.5) is 0 Å². The highest BCUT2D eigenvalue weighted by atomic mass is 31.2. The lowest BCUT2D eigenvalue weighted by Gasteiger charge is -2.15. The highest BCUT2D eigenvalue weighted by Crippen LogP contribution is 2.38. The van der Waals surface area contributed by atoms with Crippen molar-refractivity contribution in [1.82, 2.24) is 0 Å². The molecule has 0 saturated heterocycles. The summed E-state index contributed by atoms with van der Waals surface area (Å²) in [7, 11) is -3.08. The molecule has 110 valence electrons. The Labute approximate surface area is 126 Å². The molecule has 0 bridgehead atoms. The van der Waals surface area contributed by atoms with Crippen molar-refractivity contribution in [2.24, 2.45) is 0 Å². The molecule has 0 N–H and O–H groups in total. The Morgan fingerprint density at radius 1 is 0.632 bits per heavy atom. The molecular formula is C12H27O3PSi3. The average molecular weight is 335 g/mol. The first-order chi connectivity index (χ1) is 8.91.